The first kappa shape index (κ1) is 22.4. The Balaban J connectivity index is 1.97. The lowest BCUT2D eigenvalue weighted by Crippen LogP contribution is -2.51. The van der Waals surface area contributed by atoms with Crippen LogP contribution in [0.4, 0.5) is 0 Å². The first-order valence-corrected chi connectivity index (χ1v) is 11.0. The molecule has 0 amide bonds. The summed E-state index contributed by atoms with van der Waals surface area (Å²) in [6.07, 6.45) is 4.72. The van der Waals surface area contributed by atoms with Gasteiger partial charge in [-0.15, -0.1) is 0 Å². The molecular weight excluding hydrogens is 376 g/mol. The number of ketones is 1. The highest BCUT2D eigenvalue weighted by molar-refractivity contribution is 5.94. The maximum atomic E-state index is 13.5. The van der Waals surface area contributed by atoms with Crippen molar-refractivity contribution in [2.24, 2.45) is 32.6 Å². The van der Waals surface area contributed by atoms with Gasteiger partial charge < -0.3 is 0 Å². The van der Waals surface area contributed by atoms with Gasteiger partial charge in [-0.05, 0) is 49.5 Å². The van der Waals surface area contributed by atoms with E-state index in [1.54, 1.807) is 0 Å². The lowest BCUT2D eigenvalue weighted by molar-refractivity contribution is -0.132. The van der Waals surface area contributed by atoms with E-state index in [-0.39, 0.29) is 18.1 Å². The van der Waals surface area contributed by atoms with Crippen LogP contribution in [-0.4, -0.2) is 17.4 Å². The molecule has 30 heavy (non-hydrogen) atoms. The Hall–Kier alpha value is -2.31. The smallest absolute Gasteiger partial charge is 0.168 e. The molecule has 3 N–H and O–H groups in total. The molecule has 0 aromatic heterocycles. The van der Waals surface area contributed by atoms with Crippen molar-refractivity contribution >= 4 is 5.78 Å². The van der Waals surface area contributed by atoms with Gasteiger partial charge in [0.1, 0.15) is 11.6 Å². The van der Waals surface area contributed by atoms with Crippen molar-refractivity contribution in [3.05, 3.63) is 35.9 Å². The zero-order valence-electron chi connectivity index (χ0n) is 18.3. The average molecular weight is 411 g/mol. The molecule has 1 aromatic carbocycles. The van der Waals surface area contributed by atoms with E-state index in [4.69, 9.17) is 16.6 Å². The molecule has 0 heterocycles. The SMILES string of the molecule is CC(C)CCC(C)C1(N=N)CCC2(CC1)C(=O)C(N=N)CC2(N=N)c1ccccc1. The number of nitrogens with zero attached hydrogens (tertiary/aromatic N) is 3. The number of carbonyl (C=O) groups excluding carboxylic acids is 1. The molecule has 0 saturated heterocycles. The van der Waals surface area contributed by atoms with Gasteiger partial charge in [0.25, 0.3) is 0 Å². The van der Waals surface area contributed by atoms with Crippen LogP contribution in [0.3, 0.4) is 0 Å². The van der Waals surface area contributed by atoms with E-state index in [2.05, 4.69) is 36.1 Å². The molecule has 3 rings (SSSR count). The van der Waals surface area contributed by atoms with Crippen molar-refractivity contribution in [1.29, 1.82) is 16.6 Å². The Bertz CT molecular complexity index is 799. The van der Waals surface area contributed by atoms with E-state index in [1.165, 1.54) is 0 Å². The molecule has 0 radical (unpaired) electrons. The highest BCUT2D eigenvalue weighted by Gasteiger charge is 2.67. The second kappa shape index (κ2) is 8.44. The molecule has 2 saturated carbocycles. The molecule has 3 atom stereocenters. The van der Waals surface area contributed by atoms with Crippen molar-refractivity contribution in [2.45, 2.75) is 82.8 Å². The lowest BCUT2D eigenvalue weighted by atomic mass is 9.56. The van der Waals surface area contributed by atoms with Crippen LogP contribution >= 0.6 is 0 Å². The van der Waals surface area contributed by atoms with E-state index in [1.807, 2.05) is 30.3 Å². The van der Waals surface area contributed by atoms with E-state index in [9.17, 15) is 4.79 Å². The van der Waals surface area contributed by atoms with E-state index >= 15 is 0 Å². The van der Waals surface area contributed by atoms with Gasteiger partial charge in [-0.3, -0.25) is 4.79 Å². The summed E-state index contributed by atoms with van der Waals surface area (Å²) >= 11 is 0. The third-order valence-corrected chi connectivity index (χ3v) is 7.94. The third-order valence-electron chi connectivity index (χ3n) is 7.94. The van der Waals surface area contributed by atoms with Gasteiger partial charge in [0.05, 0.1) is 11.0 Å². The van der Waals surface area contributed by atoms with Gasteiger partial charge in [-0.25, -0.2) is 16.6 Å². The number of nitrogens with one attached hydrogen (secondary N) is 3. The zero-order chi connectivity index (χ0) is 22.0. The van der Waals surface area contributed by atoms with E-state index in [0.717, 1.165) is 18.4 Å². The van der Waals surface area contributed by atoms with Crippen LogP contribution in [0.25, 0.3) is 0 Å². The fourth-order valence-corrected chi connectivity index (χ4v) is 5.86. The van der Waals surface area contributed by atoms with Gasteiger partial charge in [-0.2, -0.15) is 15.3 Å². The van der Waals surface area contributed by atoms with Gasteiger partial charge in [0.2, 0.25) is 0 Å². The Morgan fingerprint density at radius 1 is 0.967 bits per heavy atom. The monoisotopic (exact) mass is 410 g/mol. The summed E-state index contributed by atoms with van der Waals surface area (Å²) in [5, 5.41) is 11.8. The molecule has 2 aliphatic carbocycles. The number of rotatable bonds is 8. The minimum absolute atomic E-state index is 0.0641. The predicted molar refractivity (Wildman–Crippen MR) is 114 cm³/mol. The zero-order valence-corrected chi connectivity index (χ0v) is 18.3. The molecular formula is C23H34N6O. The van der Waals surface area contributed by atoms with Crippen molar-refractivity contribution < 1.29 is 4.79 Å². The van der Waals surface area contributed by atoms with Crippen LogP contribution in [0.1, 0.15) is 71.3 Å². The highest BCUT2D eigenvalue weighted by atomic mass is 16.1. The second-order valence-electron chi connectivity index (χ2n) is 9.72. The molecule has 1 spiro atoms. The summed E-state index contributed by atoms with van der Waals surface area (Å²) < 4.78 is 0. The van der Waals surface area contributed by atoms with E-state index < -0.39 is 22.5 Å². The summed E-state index contributed by atoms with van der Waals surface area (Å²) in [5.41, 5.74) is 22.3. The summed E-state index contributed by atoms with van der Waals surface area (Å²) in [5.74, 6) is 0.807. The Morgan fingerprint density at radius 3 is 2.10 bits per heavy atom. The summed E-state index contributed by atoms with van der Waals surface area (Å²) in [6, 6.07) is 8.84. The summed E-state index contributed by atoms with van der Waals surface area (Å²) in [4.78, 5) is 13.5. The number of carbonyl (C=O) groups is 1. The van der Waals surface area contributed by atoms with Crippen LogP contribution in [-0.2, 0) is 10.3 Å². The minimum Gasteiger partial charge on any atom is -0.296 e. The maximum Gasteiger partial charge on any atom is 0.168 e. The van der Waals surface area contributed by atoms with Crippen molar-refractivity contribution in [1.82, 2.24) is 0 Å². The second-order valence-corrected chi connectivity index (χ2v) is 9.72. The normalized spacial score (nSPS) is 34.8. The van der Waals surface area contributed by atoms with Crippen molar-refractivity contribution in [3.8, 4) is 0 Å². The molecule has 162 valence electrons. The standard InChI is InChI=1S/C23H34N6O/c1-16(2)9-10-17(3)22(28-25)13-11-21(12-14-22)20(30)19(27-24)15-23(21,29-26)18-7-5-4-6-8-18/h4-8,16-17,19,24-26H,9-15H2,1-3H3. The van der Waals surface area contributed by atoms with Gasteiger partial charge in [-0.1, -0.05) is 57.5 Å². The van der Waals surface area contributed by atoms with Crippen LogP contribution < -0.4 is 0 Å². The number of Topliss-reactive ketones (excluding diaryl/α,β-unsaturated/α-hetero) is 1. The minimum atomic E-state index is -0.990. The topological polar surface area (TPSA) is 126 Å². The van der Waals surface area contributed by atoms with Gasteiger partial charge in [0.15, 0.2) is 5.78 Å². The lowest BCUT2D eigenvalue weighted by Gasteiger charge is -2.49. The van der Waals surface area contributed by atoms with Crippen LogP contribution in [0.15, 0.2) is 45.7 Å². The first-order chi connectivity index (χ1) is 14.3. The molecule has 2 aliphatic rings. The quantitative estimate of drug-likeness (QED) is 0.406. The van der Waals surface area contributed by atoms with Gasteiger partial charge in [0, 0.05) is 6.42 Å². The highest BCUT2D eigenvalue weighted by Crippen LogP contribution is 2.62. The molecule has 7 heteroatoms. The predicted octanol–water partition coefficient (Wildman–Crippen LogP) is 6.69. The third kappa shape index (κ3) is 3.32. The number of benzene rings is 1. The Kier molecular flexibility index (Phi) is 6.29. The van der Waals surface area contributed by atoms with Crippen molar-refractivity contribution in [3.63, 3.8) is 0 Å². The fraction of sp³-hybridized carbons (Fsp3) is 0.696. The van der Waals surface area contributed by atoms with Gasteiger partial charge >= 0.3 is 0 Å². The Labute approximate surface area is 178 Å². The van der Waals surface area contributed by atoms with E-state index in [0.29, 0.717) is 31.6 Å². The summed E-state index contributed by atoms with van der Waals surface area (Å²) in [7, 11) is 0. The molecule has 3 unspecified atom stereocenters. The van der Waals surface area contributed by atoms with Crippen LogP contribution in [0.2, 0.25) is 0 Å². The molecule has 1 aromatic rings. The first-order valence-electron chi connectivity index (χ1n) is 11.0. The molecule has 0 aliphatic heterocycles. The average Bonchev–Trinajstić information content (AvgIpc) is 3.02. The molecule has 0 bridgehead atoms. The number of hydrogen-bond acceptors (Lipinski definition) is 7. The Morgan fingerprint density at radius 2 is 1.60 bits per heavy atom. The maximum absolute atomic E-state index is 13.5. The molecule has 2 fully saturated rings. The molecule has 7 nitrogen and oxygen atoms in total. The largest absolute Gasteiger partial charge is 0.296 e. The number of hydrogen-bond donors (Lipinski definition) is 3. The van der Waals surface area contributed by atoms with Crippen LogP contribution in [0.5, 0.6) is 0 Å². The fourth-order valence-electron chi connectivity index (χ4n) is 5.86. The van der Waals surface area contributed by atoms with Crippen molar-refractivity contribution in [2.75, 3.05) is 0 Å². The van der Waals surface area contributed by atoms with Crippen LogP contribution in [0, 0.1) is 33.8 Å². The summed E-state index contributed by atoms with van der Waals surface area (Å²) in [6.45, 7) is 6.59.